The summed E-state index contributed by atoms with van der Waals surface area (Å²) in [7, 11) is 0. The minimum Gasteiger partial charge on any atom is -0.481 e. The van der Waals surface area contributed by atoms with Crippen LogP contribution in [-0.4, -0.2) is 75.9 Å². The van der Waals surface area contributed by atoms with Crippen LogP contribution in [0.2, 0.25) is 0 Å². The molecular formula is C19H32N6O9. The highest BCUT2D eigenvalue weighted by molar-refractivity contribution is 5.96. The average Bonchev–Trinajstić information content (AvgIpc) is 2.68. The third-order valence-corrected chi connectivity index (χ3v) is 4.40. The van der Waals surface area contributed by atoms with Crippen LogP contribution >= 0.6 is 0 Å². The third-order valence-electron chi connectivity index (χ3n) is 4.40. The molecule has 15 nitrogen and oxygen atoms in total. The lowest BCUT2D eigenvalue weighted by Gasteiger charge is -2.25. The summed E-state index contributed by atoms with van der Waals surface area (Å²) in [5.74, 6) is -7.62. The van der Waals surface area contributed by atoms with Gasteiger partial charge in [0.2, 0.25) is 29.5 Å². The van der Waals surface area contributed by atoms with E-state index in [2.05, 4.69) is 16.0 Å². The van der Waals surface area contributed by atoms with Crippen LogP contribution in [0.25, 0.3) is 0 Å². The summed E-state index contributed by atoms with van der Waals surface area (Å²) >= 11 is 0. The highest BCUT2D eigenvalue weighted by Crippen LogP contribution is 2.07. The Hall–Kier alpha value is -3.75. The van der Waals surface area contributed by atoms with Crippen molar-refractivity contribution >= 4 is 41.5 Å². The number of nitrogens with one attached hydrogen (secondary N) is 3. The molecule has 0 spiro atoms. The van der Waals surface area contributed by atoms with Crippen LogP contribution in [0, 0.1) is 5.92 Å². The Balaban J connectivity index is 5.54. The van der Waals surface area contributed by atoms with Gasteiger partial charge in [-0.25, -0.2) is 4.79 Å². The minimum atomic E-state index is -1.60. The van der Waals surface area contributed by atoms with Crippen molar-refractivity contribution in [3.63, 3.8) is 0 Å². The summed E-state index contributed by atoms with van der Waals surface area (Å²) < 4.78 is 0. The van der Waals surface area contributed by atoms with Crippen LogP contribution in [0.1, 0.15) is 46.0 Å². The SMILES string of the molecule is CC(C)CC(NC(=O)C(N)CC(=O)O)C(=O)NC(CC(N)=O)C(=O)NC(CCC(N)=O)C(=O)O. The molecule has 4 unspecified atom stereocenters. The highest BCUT2D eigenvalue weighted by atomic mass is 16.4. The number of hydrogen-bond acceptors (Lipinski definition) is 8. The van der Waals surface area contributed by atoms with Crippen LogP contribution in [0.4, 0.5) is 0 Å². The number of carbonyl (C=O) groups excluding carboxylic acids is 5. The van der Waals surface area contributed by atoms with Gasteiger partial charge in [0.05, 0.1) is 18.9 Å². The monoisotopic (exact) mass is 488 g/mol. The van der Waals surface area contributed by atoms with E-state index >= 15 is 0 Å². The van der Waals surface area contributed by atoms with E-state index in [0.717, 1.165) is 0 Å². The summed E-state index contributed by atoms with van der Waals surface area (Å²) in [6, 6.07) is -5.82. The molecule has 0 saturated carbocycles. The van der Waals surface area contributed by atoms with Crippen LogP contribution in [0.3, 0.4) is 0 Å². The summed E-state index contributed by atoms with van der Waals surface area (Å²) in [4.78, 5) is 82.0. The zero-order chi connectivity index (χ0) is 26.6. The standard InChI is InChI=1S/C19H32N6O9/c1-8(2)5-11(24-16(30)9(20)6-15(28)29)17(31)25-12(7-14(22)27)18(32)23-10(19(33)34)3-4-13(21)26/h8-12H,3-7,20H2,1-2H3,(H2,21,26)(H2,22,27)(H,23,32)(H,24,30)(H,25,31)(H,28,29)(H,33,34). The fraction of sp³-hybridized carbons (Fsp3) is 0.632. The van der Waals surface area contributed by atoms with Gasteiger partial charge < -0.3 is 43.4 Å². The maximum absolute atomic E-state index is 12.8. The predicted octanol–water partition coefficient (Wildman–Crippen LogP) is -3.49. The third kappa shape index (κ3) is 12.3. The van der Waals surface area contributed by atoms with Crippen molar-refractivity contribution in [1.82, 2.24) is 16.0 Å². The van der Waals surface area contributed by atoms with Crippen molar-refractivity contribution in [2.24, 2.45) is 23.1 Å². The molecule has 0 radical (unpaired) electrons. The molecule has 34 heavy (non-hydrogen) atoms. The van der Waals surface area contributed by atoms with Crippen LogP contribution in [0.5, 0.6) is 0 Å². The number of rotatable bonds is 16. The molecule has 192 valence electrons. The first-order chi connectivity index (χ1) is 15.6. The summed E-state index contributed by atoms with van der Waals surface area (Å²) in [6.07, 6.45) is -1.99. The molecule has 0 rings (SSSR count). The summed E-state index contributed by atoms with van der Waals surface area (Å²) in [5, 5.41) is 24.7. The van der Waals surface area contributed by atoms with Gasteiger partial charge in [-0.05, 0) is 18.8 Å². The molecule has 0 aliphatic carbocycles. The number of carboxylic acid groups (broad SMARTS) is 2. The van der Waals surface area contributed by atoms with Gasteiger partial charge >= 0.3 is 11.9 Å². The Morgan fingerprint density at radius 3 is 1.68 bits per heavy atom. The number of nitrogens with two attached hydrogens (primary N) is 3. The second-order valence-corrected chi connectivity index (χ2v) is 8.03. The predicted molar refractivity (Wildman–Crippen MR) is 115 cm³/mol. The Morgan fingerprint density at radius 1 is 0.735 bits per heavy atom. The Bertz CT molecular complexity index is 801. The lowest BCUT2D eigenvalue weighted by atomic mass is 10.0. The van der Waals surface area contributed by atoms with E-state index in [4.69, 9.17) is 22.3 Å². The first-order valence-corrected chi connectivity index (χ1v) is 10.3. The van der Waals surface area contributed by atoms with E-state index in [0.29, 0.717) is 0 Å². The maximum atomic E-state index is 12.8. The zero-order valence-electron chi connectivity index (χ0n) is 18.9. The number of primary amides is 2. The maximum Gasteiger partial charge on any atom is 0.326 e. The Morgan fingerprint density at radius 2 is 1.24 bits per heavy atom. The van der Waals surface area contributed by atoms with Crippen molar-refractivity contribution in [2.75, 3.05) is 0 Å². The molecule has 0 fully saturated rings. The van der Waals surface area contributed by atoms with Gasteiger partial charge in [-0.15, -0.1) is 0 Å². The molecule has 0 aliphatic heterocycles. The van der Waals surface area contributed by atoms with Crippen molar-refractivity contribution in [3.05, 3.63) is 0 Å². The van der Waals surface area contributed by atoms with Crippen molar-refractivity contribution in [2.45, 2.75) is 70.1 Å². The lowest BCUT2D eigenvalue weighted by molar-refractivity contribution is -0.142. The van der Waals surface area contributed by atoms with E-state index in [1.54, 1.807) is 13.8 Å². The molecular weight excluding hydrogens is 456 g/mol. The molecule has 11 N–H and O–H groups in total. The second kappa shape index (κ2) is 14.4. The molecule has 0 aromatic heterocycles. The van der Waals surface area contributed by atoms with Crippen LogP contribution in [-0.2, 0) is 33.6 Å². The topological polar surface area (TPSA) is 274 Å². The van der Waals surface area contributed by atoms with Crippen LogP contribution < -0.4 is 33.2 Å². The van der Waals surface area contributed by atoms with Gasteiger partial charge in [0.15, 0.2) is 0 Å². The number of carbonyl (C=O) groups is 7. The first-order valence-electron chi connectivity index (χ1n) is 10.3. The van der Waals surface area contributed by atoms with Crippen molar-refractivity contribution in [3.8, 4) is 0 Å². The van der Waals surface area contributed by atoms with E-state index < -0.39 is 78.5 Å². The Kier molecular flexibility index (Phi) is 12.8. The second-order valence-electron chi connectivity index (χ2n) is 8.03. The molecule has 0 saturated heterocycles. The average molecular weight is 488 g/mol. The smallest absolute Gasteiger partial charge is 0.326 e. The van der Waals surface area contributed by atoms with Gasteiger partial charge in [0.25, 0.3) is 0 Å². The normalized spacial score (nSPS) is 14.2. The van der Waals surface area contributed by atoms with E-state index in [1.165, 1.54) is 0 Å². The largest absolute Gasteiger partial charge is 0.481 e. The summed E-state index contributed by atoms with van der Waals surface area (Å²) in [5.41, 5.74) is 15.6. The van der Waals surface area contributed by atoms with Gasteiger partial charge in [-0.3, -0.25) is 28.8 Å². The van der Waals surface area contributed by atoms with Crippen molar-refractivity contribution in [1.29, 1.82) is 0 Å². The molecule has 0 heterocycles. The quantitative estimate of drug-likeness (QED) is 0.106. The molecule has 4 atom stereocenters. The highest BCUT2D eigenvalue weighted by Gasteiger charge is 2.31. The van der Waals surface area contributed by atoms with E-state index in [-0.39, 0.29) is 25.2 Å². The Labute approximate surface area is 195 Å². The molecule has 5 amide bonds. The zero-order valence-corrected chi connectivity index (χ0v) is 18.9. The number of amides is 5. The van der Waals surface area contributed by atoms with E-state index in [1.807, 2.05) is 0 Å². The minimum absolute atomic E-state index is 0.0681. The molecule has 0 aromatic rings. The first kappa shape index (κ1) is 30.2. The fourth-order valence-corrected chi connectivity index (χ4v) is 2.76. The van der Waals surface area contributed by atoms with Gasteiger partial charge in [-0.1, -0.05) is 13.8 Å². The number of hydrogen-bond donors (Lipinski definition) is 8. The lowest BCUT2D eigenvalue weighted by Crippen LogP contribution is -2.58. The van der Waals surface area contributed by atoms with Gasteiger partial charge in [0, 0.05) is 6.42 Å². The number of carboxylic acids is 2. The van der Waals surface area contributed by atoms with Gasteiger partial charge in [0.1, 0.15) is 18.1 Å². The summed E-state index contributed by atoms with van der Waals surface area (Å²) in [6.45, 7) is 3.46. The van der Waals surface area contributed by atoms with Crippen LogP contribution in [0.15, 0.2) is 0 Å². The molecule has 0 aliphatic rings. The molecule has 0 aromatic carbocycles. The molecule has 15 heteroatoms. The number of aliphatic carboxylic acids is 2. The molecule has 0 bridgehead atoms. The van der Waals surface area contributed by atoms with Crippen molar-refractivity contribution < 1.29 is 43.8 Å². The fourth-order valence-electron chi connectivity index (χ4n) is 2.76. The van der Waals surface area contributed by atoms with Gasteiger partial charge in [-0.2, -0.15) is 0 Å². The van der Waals surface area contributed by atoms with E-state index in [9.17, 15) is 38.7 Å².